The van der Waals surface area contributed by atoms with E-state index >= 15 is 0 Å². The van der Waals surface area contributed by atoms with Crippen LogP contribution in [0.4, 0.5) is 4.79 Å². The molecule has 1 aromatic carbocycles. The molecule has 1 aromatic heterocycles. The predicted octanol–water partition coefficient (Wildman–Crippen LogP) is 0.742. The van der Waals surface area contributed by atoms with Crippen LogP contribution < -0.4 is 5.43 Å². The fourth-order valence-electron chi connectivity index (χ4n) is 1.39. The number of hydrogen-bond donors (Lipinski definition) is 1. The molecule has 0 spiro atoms. The Balaban J connectivity index is 2.21. The summed E-state index contributed by atoms with van der Waals surface area (Å²) in [5, 5.41) is 14.9. The Morgan fingerprint density at radius 2 is 2.32 bits per heavy atom. The SMILES string of the molecule is COC(=O)N/N=C(/C)c1cccc(-n2cnnn2)c1. The number of tetrazole rings is 1. The molecule has 0 unspecified atom stereocenters. The summed E-state index contributed by atoms with van der Waals surface area (Å²) in [7, 11) is 1.28. The van der Waals surface area contributed by atoms with Gasteiger partial charge in [-0.3, -0.25) is 0 Å². The molecule has 19 heavy (non-hydrogen) atoms. The van der Waals surface area contributed by atoms with Crippen LogP contribution in [0.2, 0.25) is 0 Å². The lowest BCUT2D eigenvalue weighted by molar-refractivity contribution is 0.171. The number of methoxy groups -OCH3 is 1. The molecule has 0 fully saturated rings. The fourth-order valence-corrected chi connectivity index (χ4v) is 1.39. The van der Waals surface area contributed by atoms with Crippen molar-refractivity contribution in [2.45, 2.75) is 6.92 Å². The Kier molecular flexibility index (Phi) is 3.81. The molecular formula is C11H12N6O2. The first-order valence-electron chi connectivity index (χ1n) is 5.43. The van der Waals surface area contributed by atoms with Crippen molar-refractivity contribution < 1.29 is 9.53 Å². The minimum atomic E-state index is -0.615. The van der Waals surface area contributed by atoms with E-state index in [0.29, 0.717) is 5.71 Å². The van der Waals surface area contributed by atoms with Crippen molar-refractivity contribution in [1.82, 2.24) is 25.6 Å². The lowest BCUT2D eigenvalue weighted by atomic mass is 10.1. The highest BCUT2D eigenvalue weighted by Crippen LogP contribution is 2.09. The highest BCUT2D eigenvalue weighted by molar-refractivity contribution is 5.99. The van der Waals surface area contributed by atoms with Crippen LogP contribution in [0, 0.1) is 0 Å². The van der Waals surface area contributed by atoms with Gasteiger partial charge in [-0.2, -0.15) is 5.10 Å². The Bertz CT molecular complexity index is 593. The second-order valence-corrected chi connectivity index (χ2v) is 3.61. The first-order valence-corrected chi connectivity index (χ1v) is 5.43. The monoisotopic (exact) mass is 260 g/mol. The zero-order chi connectivity index (χ0) is 13.7. The zero-order valence-electron chi connectivity index (χ0n) is 10.4. The normalized spacial score (nSPS) is 11.2. The second kappa shape index (κ2) is 5.71. The van der Waals surface area contributed by atoms with Crippen LogP contribution in [0.5, 0.6) is 0 Å². The summed E-state index contributed by atoms with van der Waals surface area (Å²) in [5.41, 5.74) is 4.54. The average molecular weight is 260 g/mol. The van der Waals surface area contributed by atoms with E-state index in [2.05, 4.69) is 30.8 Å². The van der Waals surface area contributed by atoms with Gasteiger partial charge in [-0.25, -0.2) is 14.9 Å². The molecule has 0 radical (unpaired) electrons. The van der Waals surface area contributed by atoms with Crippen molar-refractivity contribution in [2.75, 3.05) is 7.11 Å². The molecular weight excluding hydrogens is 248 g/mol. The summed E-state index contributed by atoms with van der Waals surface area (Å²) in [5.74, 6) is 0. The number of rotatable bonds is 3. The molecule has 8 nitrogen and oxygen atoms in total. The van der Waals surface area contributed by atoms with Crippen LogP contribution in [0.15, 0.2) is 35.7 Å². The number of benzene rings is 1. The van der Waals surface area contributed by atoms with Crippen LogP contribution >= 0.6 is 0 Å². The molecule has 2 rings (SSSR count). The molecule has 1 N–H and O–H groups in total. The molecule has 0 bridgehead atoms. The van der Waals surface area contributed by atoms with E-state index in [1.165, 1.54) is 18.1 Å². The van der Waals surface area contributed by atoms with E-state index in [-0.39, 0.29) is 0 Å². The average Bonchev–Trinajstić information content (AvgIpc) is 2.98. The van der Waals surface area contributed by atoms with E-state index < -0.39 is 6.09 Å². The highest BCUT2D eigenvalue weighted by Gasteiger charge is 2.03. The molecule has 2 aromatic rings. The maximum Gasteiger partial charge on any atom is 0.427 e. The first kappa shape index (κ1) is 12.7. The van der Waals surface area contributed by atoms with Gasteiger partial charge in [0.15, 0.2) is 0 Å². The molecule has 98 valence electrons. The number of aromatic nitrogens is 4. The van der Waals surface area contributed by atoms with E-state index in [1.54, 1.807) is 6.92 Å². The maximum atomic E-state index is 10.9. The number of nitrogens with one attached hydrogen (secondary N) is 1. The summed E-state index contributed by atoms with van der Waals surface area (Å²) in [6.07, 6.45) is 0.883. The summed E-state index contributed by atoms with van der Waals surface area (Å²) in [6.45, 7) is 1.77. The molecule has 0 aliphatic carbocycles. The van der Waals surface area contributed by atoms with Crippen molar-refractivity contribution in [2.24, 2.45) is 5.10 Å². The van der Waals surface area contributed by atoms with Crippen molar-refractivity contribution in [3.63, 3.8) is 0 Å². The lowest BCUT2D eigenvalue weighted by Crippen LogP contribution is -2.18. The fraction of sp³-hybridized carbons (Fsp3) is 0.182. The summed E-state index contributed by atoms with van der Waals surface area (Å²) < 4.78 is 5.96. The van der Waals surface area contributed by atoms with E-state index in [9.17, 15) is 4.79 Å². The van der Waals surface area contributed by atoms with Crippen LogP contribution in [-0.4, -0.2) is 39.1 Å². The number of hydrazone groups is 1. The summed E-state index contributed by atoms with van der Waals surface area (Å²) in [4.78, 5) is 10.9. The second-order valence-electron chi connectivity index (χ2n) is 3.61. The maximum absolute atomic E-state index is 10.9. The van der Waals surface area contributed by atoms with Crippen LogP contribution in [0.1, 0.15) is 12.5 Å². The standard InChI is InChI=1S/C11H12N6O2/c1-8(13-14-11(18)19-2)9-4-3-5-10(6-9)17-7-12-15-16-17/h3-7H,1-2H3,(H,14,18)/b13-8-. The molecule has 0 saturated heterocycles. The van der Waals surface area contributed by atoms with Gasteiger partial charge in [0.25, 0.3) is 0 Å². The Morgan fingerprint density at radius 3 is 3.00 bits per heavy atom. The molecule has 8 heteroatoms. The van der Waals surface area contributed by atoms with Crippen LogP contribution in [0.3, 0.4) is 0 Å². The first-order chi connectivity index (χ1) is 9.20. The summed E-state index contributed by atoms with van der Waals surface area (Å²) in [6, 6.07) is 7.43. The minimum absolute atomic E-state index is 0.615. The molecule has 0 saturated carbocycles. The van der Waals surface area contributed by atoms with Gasteiger partial charge in [0.2, 0.25) is 0 Å². The largest absolute Gasteiger partial charge is 0.452 e. The van der Waals surface area contributed by atoms with E-state index in [1.807, 2.05) is 24.3 Å². The predicted molar refractivity (Wildman–Crippen MR) is 66.9 cm³/mol. The van der Waals surface area contributed by atoms with Gasteiger partial charge < -0.3 is 4.74 Å². The number of carbonyl (C=O) groups excluding carboxylic acids is 1. The van der Waals surface area contributed by atoms with Gasteiger partial charge in [0.1, 0.15) is 6.33 Å². The van der Waals surface area contributed by atoms with Gasteiger partial charge in [-0.05, 0) is 35.0 Å². The lowest BCUT2D eigenvalue weighted by Gasteiger charge is -2.04. The number of hydrogen-bond acceptors (Lipinski definition) is 6. The molecule has 1 heterocycles. The molecule has 0 aliphatic rings. The Morgan fingerprint density at radius 1 is 1.47 bits per heavy atom. The Labute approximate surface area is 109 Å². The topological polar surface area (TPSA) is 94.3 Å². The Hall–Kier alpha value is -2.77. The van der Waals surface area contributed by atoms with Crippen molar-refractivity contribution >= 4 is 11.8 Å². The molecule has 0 atom stereocenters. The van der Waals surface area contributed by atoms with Gasteiger partial charge in [0, 0.05) is 0 Å². The number of amides is 1. The number of carbonyl (C=O) groups is 1. The highest BCUT2D eigenvalue weighted by atomic mass is 16.5. The van der Waals surface area contributed by atoms with Gasteiger partial charge >= 0.3 is 6.09 Å². The van der Waals surface area contributed by atoms with Crippen molar-refractivity contribution in [3.05, 3.63) is 36.2 Å². The van der Waals surface area contributed by atoms with Crippen molar-refractivity contribution in [1.29, 1.82) is 0 Å². The number of nitrogens with zero attached hydrogens (tertiary/aromatic N) is 5. The third-order valence-electron chi connectivity index (χ3n) is 2.38. The third kappa shape index (κ3) is 3.12. The minimum Gasteiger partial charge on any atom is -0.452 e. The van der Waals surface area contributed by atoms with Crippen LogP contribution in [-0.2, 0) is 4.74 Å². The zero-order valence-corrected chi connectivity index (χ0v) is 10.4. The molecule has 1 amide bonds. The van der Waals surface area contributed by atoms with E-state index in [0.717, 1.165) is 11.3 Å². The quantitative estimate of drug-likeness (QED) is 0.649. The van der Waals surface area contributed by atoms with E-state index in [4.69, 9.17) is 0 Å². The number of ether oxygens (including phenoxy) is 1. The third-order valence-corrected chi connectivity index (χ3v) is 2.38. The van der Waals surface area contributed by atoms with Crippen molar-refractivity contribution in [3.8, 4) is 5.69 Å². The van der Waals surface area contributed by atoms with Gasteiger partial charge in [-0.15, -0.1) is 5.10 Å². The van der Waals surface area contributed by atoms with Crippen LogP contribution in [0.25, 0.3) is 5.69 Å². The smallest absolute Gasteiger partial charge is 0.427 e. The van der Waals surface area contributed by atoms with Gasteiger partial charge in [-0.1, -0.05) is 12.1 Å². The molecule has 0 aliphatic heterocycles. The summed E-state index contributed by atoms with van der Waals surface area (Å²) >= 11 is 0. The van der Waals surface area contributed by atoms with Gasteiger partial charge in [0.05, 0.1) is 18.5 Å².